The second-order valence-electron chi connectivity index (χ2n) is 9.17. The number of esters is 1. The summed E-state index contributed by atoms with van der Waals surface area (Å²) in [4.78, 5) is 12.5. The monoisotopic (exact) mass is 392 g/mol. The maximum Gasteiger partial charge on any atom is 0.338 e. The molecule has 0 radical (unpaired) electrons. The molecule has 0 saturated carbocycles. The normalized spacial score (nSPS) is 28.3. The Kier molecular flexibility index (Phi) is 6.05. The third-order valence-corrected chi connectivity index (χ3v) is 7.22. The van der Waals surface area contributed by atoms with Crippen molar-refractivity contribution in [3.05, 3.63) is 71.3 Å². The molecule has 4 atom stereocenters. The molecule has 0 spiro atoms. The minimum Gasteiger partial charge on any atom is -0.458 e. The number of benzene rings is 2. The number of rotatable bonds is 7. The third-order valence-electron chi connectivity index (χ3n) is 7.22. The molecule has 3 heteroatoms. The van der Waals surface area contributed by atoms with E-state index < -0.39 is 0 Å². The van der Waals surface area contributed by atoms with Crippen molar-refractivity contribution in [3.8, 4) is 0 Å². The van der Waals surface area contributed by atoms with Crippen LogP contribution in [0.4, 0.5) is 0 Å². The molecule has 2 aliphatic heterocycles. The van der Waals surface area contributed by atoms with E-state index in [1.165, 1.54) is 43.2 Å². The number of piperidine rings is 1. The zero-order valence-corrected chi connectivity index (χ0v) is 17.8. The predicted molar refractivity (Wildman–Crippen MR) is 117 cm³/mol. The molecule has 2 unspecified atom stereocenters. The number of hydrogen-bond acceptors (Lipinski definition) is 2. The number of ether oxygens (including phenoxy) is 1. The summed E-state index contributed by atoms with van der Waals surface area (Å²) in [6, 6.07) is 19.8. The first-order valence-electron chi connectivity index (χ1n) is 11.3. The second kappa shape index (κ2) is 8.71. The fraction of sp³-hybridized carbons (Fsp3) is 0.500. The standard InChI is InChI=1S/C26H34NO2/c1-3-4-8-20-11-13-21(14-12-20)19-27(2)23-15-16-24(27)18-25(17-23)29-26(28)22-9-6-5-7-10-22/h5-7,9-14,23-25H,3-4,8,15-19H2,1-2H3/q+1/t23-,24+,25?,27?. The van der Waals surface area contributed by atoms with Gasteiger partial charge in [-0.15, -0.1) is 0 Å². The first-order chi connectivity index (χ1) is 14.1. The van der Waals surface area contributed by atoms with Crippen LogP contribution in [0.25, 0.3) is 0 Å². The summed E-state index contributed by atoms with van der Waals surface area (Å²) in [5, 5.41) is 0. The lowest BCUT2D eigenvalue weighted by molar-refractivity contribution is -0.961. The Morgan fingerprint density at radius 3 is 2.21 bits per heavy atom. The van der Waals surface area contributed by atoms with E-state index in [2.05, 4.69) is 38.2 Å². The fourth-order valence-electron chi connectivity index (χ4n) is 5.43. The summed E-state index contributed by atoms with van der Waals surface area (Å²) in [5.74, 6) is -0.172. The van der Waals surface area contributed by atoms with Gasteiger partial charge in [-0.05, 0) is 30.5 Å². The van der Waals surface area contributed by atoms with Crippen LogP contribution < -0.4 is 0 Å². The number of carbonyl (C=O) groups excluding carboxylic acids is 1. The van der Waals surface area contributed by atoms with Gasteiger partial charge in [0.15, 0.2) is 0 Å². The fourth-order valence-corrected chi connectivity index (χ4v) is 5.43. The highest BCUT2D eigenvalue weighted by Crippen LogP contribution is 2.43. The van der Waals surface area contributed by atoms with Gasteiger partial charge in [0.25, 0.3) is 0 Å². The van der Waals surface area contributed by atoms with Crippen LogP contribution >= 0.6 is 0 Å². The van der Waals surface area contributed by atoms with Gasteiger partial charge < -0.3 is 9.22 Å². The van der Waals surface area contributed by atoms with Crippen molar-refractivity contribution in [2.75, 3.05) is 7.05 Å². The molecule has 0 aromatic heterocycles. The molecule has 2 aromatic carbocycles. The quantitative estimate of drug-likeness (QED) is 0.458. The van der Waals surface area contributed by atoms with E-state index in [1.807, 2.05) is 30.3 Å². The third kappa shape index (κ3) is 4.40. The van der Waals surface area contributed by atoms with Crippen LogP contribution in [0, 0.1) is 0 Å². The minimum atomic E-state index is -0.172. The molecule has 2 heterocycles. The molecule has 2 bridgehead atoms. The highest BCUT2D eigenvalue weighted by molar-refractivity contribution is 5.89. The van der Waals surface area contributed by atoms with Gasteiger partial charge in [-0.25, -0.2) is 4.79 Å². The van der Waals surface area contributed by atoms with Crippen molar-refractivity contribution < 1.29 is 14.0 Å². The van der Waals surface area contributed by atoms with E-state index in [0.29, 0.717) is 17.6 Å². The molecule has 2 saturated heterocycles. The lowest BCUT2D eigenvalue weighted by atomic mass is 9.95. The summed E-state index contributed by atoms with van der Waals surface area (Å²) >= 11 is 0. The van der Waals surface area contributed by atoms with Crippen LogP contribution in [0.5, 0.6) is 0 Å². The number of unbranched alkanes of at least 4 members (excludes halogenated alkanes) is 1. The predicted octanol–water partition coefficient (Wildman–Crippen LogP) is 5.53. The Labute approximate surface area is 175 Å². The first kappa shape index (κ1) is 20.2. The highest BCUT2D eigenvalue weighted by Gasteiger charge is 2.52. The maximum atomic E-state index is 12.5. The van der Waals surface area contributed by atoms with Gasteiger partial charge in [0.2, 0.25) is 0 Å². The number of carbonyl (C=O) groups is 1. The molecule has 3 nitrogen and oxygen atoms in total. The summed E-state index contributed by atoms with van der Waals surface area (Å²) in [6.07, 6.45) is 8.21. The Morgan fingerprint density at radius 2 is 1.59 bits per heavy atom. The van der Waals surface area contributed by atoms with Gasteiger partial charge in [-0.2, -0.15) is 0 Å². The zero-order chi connectivity index (χ0) is 20.3. The SMILES string of the molecule is CCCCc1ccc(C[N+]2(C)[C@@H]3CC[C@H]2CC(OC(=O)c2ccccc2)C3)cc1. The molecule has 2 fully saturated rings. The average molecular weight is 393 g/mol. The van der Waals surface area contributed by atoms with Gasteiger partial charge in [0.05, 0.1) is 24.7 Å². The summed E-state index contributed by atoms with van der Waals surface area (Å²) in [5.41, 5.74) is 3.54. The topological polar surface area (TPSA) is 26.3 Å². The van der Waals surface area contributed by atoms with Gasteiger partial charge in [0.1, 0.15) is 12.6 Å². The molecule has 2 aliphatic rings. The van der Waals surface area contributed by atoms with Crippen molar-refractivity contribution in [2.45, 2.75) is 76.6 Å². The lowest BCUT2D eigenvalue weighted by Crippen LogP contribution is -2.58. The summed E-state index contributed by atoms with van der Waals surface area (Å²) in [6.45, 7) is 3.33. The van der Waals surface area contributed by atoms with E-state index in [0.717, 1.165) is 23.9 Å². The summed E-state index contributed by atoms with van der Waals surface area (Å²) < 4.78 is 7.01. The van der Waals surface area contributed by atoms with E-state index in [-0.39, 0.29) is 12.1 Å². The number of aryl methyl sites for hydroxylation is 1. The van der Waals surface area contributed by atoms with Crippen molar-refractivity contribution >= 4 is 5.97 Å². The molecule has 0 amide bonds. The van der Waals surface area contributed by atoms with Gasteiger partial charge in [-0.1, -0.05) is 55.8 Å². The maximum absolute atomic E-state index is 12.5. The van der Waals surface area contributed by atoms with Crippen LogP contribution in [-0.2, 0) is 17.7 Å². The van der Waals surface area contributed by atoms with Crippen LogP contribution in [0.1, 0.15) is 66.9 Å². The highest BCUT2D eigenvalue weighted by atomic mass is 16.5. The number of quaternary nitrogens is 1. The average Bonchev–Trinajstić information content (AvgIpc) is 2.91. The minimum absolute atomic E-state index is 0.0582. The van der Waals surface area contributed by atoms with Crippen molar-refractivity contribution in [3.63, 3.8) is 0 Å². The Morgan fingerprint density at radius 1 is 0.966 bits per heavy atom. The molecule has 2 aromatic rings. The van der Waals surface area contributed by atoms with E-state index >= 15 is 0 Å². The van der Waals surface area contributed by atoms with Crippen molar-refractivity contribution in [1.29, 1.82) is 0 Å². The number of fused-ring (bicyclic) bond motifs is 2. The van der Waals surface area contributed by atoms with Crippen molar-refractivity contribution in [1.82, 2.24) is 0 Å². The van der Waals surface area contributed by atoms with Crippen LogP contribution in [0.15, 0.2) is 54.6 Å². The van der Waals surface area contributed by atoms with Crippen LogP contribution in [0.2, 0.25) is 0 Å². The number of nitrogens with zero attached hydrogens (tertiary/aromatic N) is 1. The molecule has 0 aliphatic carbocycles. The lowest BCUT2D eigenvalue weighted by Gasteiger charge is -2.47. The Balaban J connectivity index is 1.38. The molecule has 0 N–H and O–H groups in total. The van der Waals surface area contributed by atoms with Gasteiger partial charge >= 0.3 is 5.97 Å². The van der Waals surface area contributed by atoms with Crippen LogP contribution in [-0.4, -0.2) is 35.7 Å². The molecular formula is C26H34NO2+. The molecular weight excluding hydrogens is 358 g/mol. The Bertz CT molecular complexity index is 800. The zero-order valence-electron chi connectivity index (χ0n) is 17.8. The largest absolute Gasteiger partial charge is 0.458 e. The first-order valence-corrected chi connectivity index (χ1v) is 11.3. The number of hydrogen-bond donors (Lipinski definition) is 0. The molecule has 4 rings (SSSR count). The smallest absolute Gasteiger partial charge is 0.338 e. The van der Waals surface area contributed by atoms with Gasteiger partial charge in [-0.3, -0.25) is 0 Å². The van der Waals surface area contributed by atoms with E-state index in [4.69, 9.17) is 4.74 Å². The van der Waals surface area contributed by atoms with Crippen LogP contribution in [0.3, 0.4) is 0 Å². The second-order valence-corrected chi connectivity index (χ2v) is 9.17. The molecule has 154 valence electrons. The molecule has 29 heavy (non-hydrogen) atoms. The van der Waals surface area contributed by atoms with E-state index in [1.54, 1.807) is 0 Å². The van der Waals surface area contributed by atoms with E-state index in [9.17, 15) is 4.79 Å². The summed E-state index contributed by atoms with van der Waals surface area (Å²) in [7, 11) is 2.42. The Hall–Kier alpha value is -2.13. The van der Waals surface area contributed by atoms with Gasteiger partial charge in [0, 0.05) is 31.2 Å². The van der Waals surface area contributed by atoms with Crippen molar-refractivity contribution in [2.24, 2.45) is 0 Å².